The van der Waals surface area contributed by atoms with Crippen molar-refractivity contribution in [3.05, 3.63) is 107 Å². The number of carbonyl (C=O) groups is 3. The van der Waals surface area contributed by atoms with Crippen LogP contribution in [0.2, 0.25) is 0 Å². The molecule has 0 saturated heterocycles. The summed E-state index contributed by atoms with van der Waals surface area (Å²) in [5.74, 6) is -3.66. The number of ketones is 1. The van der Waals surface area contributed by atoms with Crippen LogP contribution in [-0.2, 0) is 30.7 Å². The highest BCUT2D eigenvalue weighted by atomic mass is 32.2. The molecule has 0 bridgehead atoms. The van der Waals surface area contributed by atoms with E-state index in [1.807, 2.05) is 13.0 Å². The molecule has 12 heteroatoms. The highest BCUT2D eigenvalue weighted by molar-refractivity contribution is 7.90. The van der Waals surface area contributed by atoms with Crippen molar-refractivity contribution in [2.45, 2.75) is 31.6 Å². The number of nitrogens with zero attached hydrogens (tertiary/aromatic N) is 1. The average Bonchev–Trinajstić information content (AvgIpc) is 3.76. The minimum absolute atomic E-state index is 0.0426. The van der Waals surface area contributed by atoms with Crippen LogP contribution >= 0.6 is 0 Å². The summed E-state index contributed by atoms with van der Waals surface area (Å²) in [6, 6.07) is 18.4. The molecule has 0 radical (unpaired) electrons. The van der Waals surface area contributed by atoms with E-state index in [1.54, 1.807) is 48.5 Å². The third-order valence-electron chi connectivity index (χ3n) is 7.93. The lowest BCUT2D eigenvalue weighted by molar-refractivity contribution is -0.141. The third-order valence-corrected chi connectivity index (χ3v) is 9.62. The van der Waals surface area contributed by atoms with E-state index < -0.39 is 39.0 Å². The first kappa shape index (κ1) is 31.4. The number of aromatic amines is 1. The van der Waals surface area contributed by atoms with Crippen LogP contribution in [0, 0.1) is 6.92 Å². The molecule has 2 N–H and O–H groups in total. The smallest absolute Gasteiger partial charge is 0.374 e. The van der Waals surface area contributed by atoms with Crippen LogP contribution < -0.4 is 0 Å². The third kappa shape index (κ3) is 5.57. The number of carbonyl (C=O) groups excluding carboxylic acids is 3. The molecule has 11 nitrogen and oxygen atoms in total. The van der Waals surface area contributed by atoms with Crippen LogP contribution in [0.4, 0.5) is 0 Å². The standard InChI is InChI=1S/C35H30N2O9S/c1-20-13-15-23(16-14-20)47(42,43)37-19-27(24-10-4-5-12-28(24)37)29-32(40)34(46-33(29)35(41)44-3)31(39)26-18-36-30-22(8-6-11-25(26)30)9-7-17-45-21(2)38/h4-6,8,10-16,18-19,36,40H,7,9,17H2,1-3H3. The molecular formula is C35H30N2O9S. The molecule has 3 aromatic heterocycles. The largest absolute Gasteiger partial charge is 0.504 e. The Morgan fingerprint density at radius 1 is 0.957 bits per heavy atom. The Kier molecular flexibility index (Phi) is 8.20. The number of aromatic nitrogens is 2. The fourth-order valence-electron chi connectivity index (χ4n) is 5.65. The van der Waals surface area contributed by atoms with Gasteiger partial charge in [-0.3, -0.25) is 9.59 Å². The Hall–Kier alpha value is -5.62. The van der Waals surface area contributed by atoms with Gasteiger partial charge < -0.3 is 24.0 Å². The monoisotopic (exact) mass is 654 g/mol. The van der Waals surface area contributed by atoms with Crippen molar-refractivity contribution in [3.8, 4) is 16.9 Å². The van der Waals surface area contributed by atoms with Gasteiger partial charge in [0.05, 0.1) is 35.3 Å². The van der Waals surface area contributed by atoms with Gasteiger partial charge in [-0.2, -0.15) is 0 Å². The van der Waals surface area contributed by atoms with Gasteiger partial charge in [0.25, 0.3) is 10.0 Å². The molecule has 6 rings (SSSR count). The Balaban J connectivity index is 1.46. The molecule has 0 saturated carbocycles. The second-order valence-electron chi connectivity index (χ2n) is 11.0. The number of fused-ring (bicyclic) bond motifs is 2. The maximum Gasteiger partial charge on any atom is 0.374 e. The van der Waals surface area contributed by atoms with Gasteiger partial charge in [0.15, 0.2) is 5.75 Å². The van der Waals surface area contributed by atoms with Gasteiger partial charge in [-0.1, -0.05) is 54.1 Å². The molecule has 0 unspecified atom stereocenters. The van der Waals surface area contributed by atoms with Crippen molar-refractivity contribution in [2.24, 2.45) is 0 Å². The number of rotatable bonds is 10. The molecule has 0 atom stereocenters. The highest BCUT2D eigenvalue weighted by Gasteiger charge is 2.34. The van der Waals surface area contributed by atoms with E-state index >= 15 is 0 Å². The number of hydrogen-bond donors (Lipinski definition) is 2. The number of aromatic hydroxyl groups is 1. The quantitative estimate of drug-likeness (QED) is 0.100. The molecule has 6 aromatic rings. The first-order chi connectivity index (χ1) is 22.5. The van der Waals surface area contributed by atoms with Gasteiger partial charge in [-0.05, 0) is 43.5 Å². The van der Waals surface area contributed by atoms with Crippen LogP contribution in [0.3, 0.4) is 0 Å². The molecule has 0 aliphatic carbocycles. The second-order valence-corrected chi connectivity index (χ2v) is 12.8. The number of methoxy groups -OCH3 is 1. The van der Waals surface area contributed by atoms with E-state index in [-0.39, 0.29) is 39.7 Å². The molecule has 0 fully saturated rings. The summed E-state index contributed by atoms with van der Waals surface area (Å²) >= 11 is 0. The molecule has 3 aromatic carbocycles. The van der Waals surface area contributed by atoms with Gasteiger partial charge in [0, 0.05) is 41.2 Å². The summed E-state index contributed by atoms with van der Waals surface area (Å²) in [5, 5.41) is 12.5. The van der Waals surface area contributed by atoms with Crippen molar-refractivity contribution in [3.63, 3.8) is 0 Å². The number of benzene rings is 3. The van der Waals surface area contributed by atoms with E-state index in [4.69, 9.17) is 13.9 Å². The number of aryl methyl sites for hydroxylation is 2. The molecule has 0 amide bonds. The van der Waals surface area contributed by atoms with Gasteiger partial charge in [0.2, 0.25) is 17.3 Å². The predicted molar refractivity (Wildman–Crippen MR) is 173 cm³/mol. The van der Waals surface area contributed by atoms with Crippen LogP contribution in [0.25, 0.3) is 32.9 Å². The Morgan fingerprint density at radius 3 is 2.40 bits per heavy atom. The fourth-order valence-corrected chi connectivity index (χ4v) is 7.02. The average molecular weight is 655 g/mol. The number of furan rings is 1. The number of ether oxygens (including phenoxy) is 2. The van der Waals surface area contributed by atoms with Crippen LogP contribution in [0.5, 0.6) is 5.75 Å². The fraction of sp³-hybridized carbons (Fsp3) is 0.171. The summed E-state index contributed by atoms with van der Waals surface area (Å²) < 4.78 is 44.4. The number of H-pyrrole nitrogens is 1. The topological polar surface area (TPSA) is 158 Å². The minimum Gasteiger partial charge on any atom is -0.504 e. The number of hydrogen-bond acceptors (Lipinski definition) is 9. The summed E-state index contributed by atoms with van der Waals surface area (Å²) in [5.41, 5.74) is 2.88. The van der Waals surface area contributed by atoms with E-state index in [1.165, 1.54) is 31.5 Å². The Morgan fingerprint density at radius 2 is 1.68 bits per heavy atom. The zero-order valence-corrected chi connectivity index (χ0v) is 26.5. The lowest BCUT2D eigenvalue weighted by Gasteiger charge is -2.07. The lowest BCUT2D eigenvalue weighted by Crippen LogP contribution is -2.11. The maximum atomic E-state index is 14.0. The van der Waals surface area contributed by atoms with Crippen LogP contribution in [-0.4, -0.2) is 53.9 Å². The van der Waals surface area contributed by atoms with Gasteiger partial charge in [0.1, 0.15) is 0 Å². The second kappa shape index (κ2) is 12.3. The SMILES string of the molecule is COC(=O)c1oc(C(=O)c2c[nH]c3c(CCCOC(C)=O)cccc23)c(O)c1-c1cn(S(=O)(=O)c2ccc(C)cc2)c2ccccc12. The zero-order valence-electron chi connectivity index (χ0n) is 25.7. The minimum atomic E-state index is -4.11. The van der Waals surface area contributed by atoms with Crippen molar-refractivity contribution in [1.29, 1.82) is 0 Å². The molecule has 3 heterocycles. The predicted octanol–water partition coefficient (Wildman–Crippen LogP) is 6.15. The number of para-hydroxylation sites is 2. The Labute approximate surface area is 269 Å². The summed E-state index contributed by atoms with van der Waals surface area (Å²) in [4.78, 5) is 41.2. The van der Waals surface area contributed by atoms with E-state index in [0.29, 0.717) is 29.1 Å². The van der Waals surface area contributed by atoms with Crippen LogP contribution in [0.1, 0.15) is 51.1 Å². The zero-order chi connectivity index (χ0) is 33.5. The molecule has 47 heavy (non-hydrogen) atoms. The van der Waals surface area contributed by atoms with Crippen molar-refractivity contribution in [2.75, 3.05) is 13.7 Å². The maximum absolute atomic E-state index is 14.0. The van der Waals surface area contributed by atoms with E-state index in [2.05, 4.69) is 4.98 Å². The highest BCUT2D eigenvalue weighted by Crippen LogP contribution is 2.44. The van der Waals surface area contributed by atoms with Crippen LogP contribution in [0.15, 0.2) is 88.4 Å². The van der Waals surface area contributed by atoms with Crippen molar-refractivity contribution in [1.82, 2.24) is 8.96 Å². The number of esters is 2. The normalized spacial score (nSPS) is 11.6. The van der Waals surface area contributed by atoms with Gasteiger partial charge >= 0.3 is 11.9 Å². The molecule has 240 valence electrons. The van der Waals surface area contributed by atoms with Gasteiger partial charge in [-0.15, -0.1) is 0 Å². The van der Waals surface area contributed by atoms with Gasteiger partial charge in [-0.25, -0.2) is 17.2 Å². The summed E-state index contributed by atoms with van der Waals surface area (Å²) in [6.45, 7) is 3.44. The van der Waals surface area contributed by atoms with E-state index in [0.717, 1.165) is 22.2 Å². The van der Waals surface area contributed by atoms with Crippen molar-refractivity contribution < 1.29 is 41.8 Å². The number of nitrogens with one attached hydrogen (secondary N) is 1. The Bertz CT molecular complexity index is 2290. The first-order valence-electron chi connectivity index (χ1n) is 14.7. The van der Waals surface area contributed by atoms with Crippen molar-refractivity contribution >= 4 is 49.6 Å². The summed E-state index contributed by atoms with van der Waals surface area (Å²) in [7, 11) is -2.99. The van der Waals surface area contributed by atoms with E-state index in [9.17, 15) is 27.9 Å². The molecule has 0 aliphatic heterocycles. The first-order valence-corrected chi connectivity index (χ1v) is 16.1. The molecular weight excluding hydrogens is 624 g/mol. The summed E-state index contributed by atoms with van der Waals surface area (Å²) in [6.07, 6.45) is 3.91. The molecule has 0 spiro atoms. The lowest BCUT2D eigenvalue weighted by atomic mass is 10.0. The molecule has 0 aliphatic rings.